The number of amides is 2. The highest BCUT2D eigenvalue weighted by Crippen LogP contribution is 2.19. The van der Waals surface area contributed by atoms with Crippen molar-refractivity contribution in [3.63, 3.8) is 0 Å². The molecule has 1 aromatic rings. The Morgan fingerprint density at radius 2 is 1.75 bits per heavy atom. The summed E-state index contributed by atoms with van der Waals surface area (Å²) in [4.78, 5) is 49.3. The van der Waals surface area contributed by atoms with E-state index in [-0.39, 0.29) is 24.9 Å². The molecule has 9 heteroatoms. The van der Waals surface area contributed by atoms with Crippen molar-refractivity contribution < 1.29 is 28.7 Å². The fraction of sp³-hybridized carbons (Fsp3) is 0.565. The molecule has 0 aliphatic heterocycles. The van der Waals surface area contributed by atoms with Crippen LogP contribution in [0.15, 0.2) is 30.3 Å². The van der Waals surface area contributed by atoms with Gasteiger partial charge in [0.2, 0.25) is 11.8 Å². The van der Waals surface area contributed by atoms with Crippen molar-refractivity contribution in [2.45, 2.75) is 70.9 Å². The van der Waals surface area contributed by atoms with Crippen LogP contribution < -0.4 is 10.6 Å². The average Bonchev–Trinajstić information content (AvgIpc) is 2.72. The van der Waals surface area contributed by atoms with Gasteiger partial charge in [-0.2, -0.15) is 0 Å². The first-order valence-corrected chi connectivity index (χ1v) is 11.6. The Labute approximate surface area is 194 Å². The highest BCUT2D eigenvalue weighted by molar-refractivity contribution is 8.14. The first kappa shape index (κ1) is 27.6. The molecule has 0 saturated carbocycles. The zero-order valence-electron chi connectivity index (χ0n) is 19.4. The smallest absolute Gasteiger partial charge is 0.331 e. The molecular formula is C23H34N2O6S. The second-order valence-electron chi connectivity index (χ2n) is 7.78. The van der Waals surface area contributed by atoms with Gasteiger partial charge in [-0.1, -0.05) is 55.4 Å². The van der Waals surface area contributed by atoms with Crippen LogP contribution in [0.25, 0.3) is 0 Å². The van der Waals surface area contributed by atoms with Gasteiger partial charge in [0, 0.05) is 6.92 Å². The lowest BCUT2D eigenvalue weighted by molar-refractivity contribution is -0.150. The molecule has 0 bridgehead atoms. The van der Waals surface area contributed by atoms with Crippen molar-refractivity contribution in [1.29, 1.82) is 0 Å². The minimum Gasteiger partial charge on any atom is -0.464 e. The van der Waals surface area contributed by atoms with Crippen molar-refractivity contribution in [2.24, 2.45) is 0 Å². The Hall–Kier alpha value is -2.39. The van der Waals surface area contributed by atoms with Gasteiger partial charge in [-0.3, -0.25) is 14.4 Å². The molecule has 0 aliphatic carbocycles. The van der Waals surface area contributed by atoms with Gasteiger partial charge in [0.1, 0.15) is 5.54 Å². The Morgan fingerprint density at radius 3 is 2.31 bits per heavy atom. The van der Waals surface area contributed by atoms with Crippen molar-refractivity contribution in [2.75, 3.05) is 13.2 Å². The third kappa shape index (κ3) is 9.82. The van der Waals surface area contributed by atoms with Gasteiger partial charge in [0.25, 0.3) is 0 Å². The van der Waals surface area contributed by atoms with Gasteiger partial charge in [0.15, 0.2) is 11.2 Å². The largest absolute Gasteiger partial charge is 0.464 e. The zero-order chi connectivity index (χ0) is 24.1. The van der Waals surface area contributed by atoms with Crippen LogP contribution in [0.2, 0.25) is 0 Å². The number of carbonyl (C=O) groups is 4. The molecule has 1 rings (SSSR count). The summed E-state index contributed by atoms with van der Waals surface area (Å²) in [6.07, 6.45) is 1.22. The van der Waals surface area contributed by atoms with E-state index in [0.29, 0.717) is 12.8 Å². The van der Waals surface area contributed by atoms with E-state index in [0.717, 1.165) is 17.3 Å². The standard InChI is InChI=1S/C23H34N2O6S/c1-6-11-19(32-16(3)26)20(27)25-23(4,5)22(29)24-18(21(28)31-7-2)15-30-14-17-12-9-8-10-13-17/h8-10,12-13,18-19H,6-7,11,14-15H2,1-5H3,(H,24,29)(H,25,27)/t18-,19-/m0/s1. The Balaban J connectivity index is 2.78. The Kier molecular flexibility index (Phi) is 12.0. The van der Waals surface area contributed by atoms with Crippen LogP contribution in [0.5, 0.6) is 0 Å². The molecule has 0 unspecified atom stereocenters. The van der Waals surface area contributed by atoms with Crippen LogP contribution in [0.3, 0.4) is 0 Å². The number of hydrogen-bond acceptors (Lipinski definition) is 7. The molecule has 178 valence electrons. The maximum absolute atomic E-state index is 12.9. The fourth-order valence-electron chi connectivity index (χ4n) is 2.77. The normalized spacial score (nSPS) is 13.0. The summed E-state index contributed by atoms with van der Waals surface area (Å²) in [6, 6.07) is 8.40. The number of nitrogens with one attached hydrogen (secondary N) is 2. The summed E-state index contributed by atoms with van der Waals surface area (Å²) >= 11 is 0.942. The number of hydrogen-bond donors (Lipinski definition) is 2. The predicted molar refractivity (Wildman–Crippen MR) is 124 cm³/mol. The predicted octanol–water partition coefficient (Wildman–Crippen LogP) is 2.59. The van der Waals surface area contributed by atoms with E-state index in [2.05, 4.69) is 10.6 Å². The van der Waals surface area contributed by atoms with Crippen LogP contribution in [0.1, 0.15) is 53.0 Å². The Morgan fingerprint density at radius 1 is 1.09 bits per heavy atom. The van der Waals surface area contributed by atoms with Crippen LogP contribution in [-0.4, -0.2) is 52.9 Å². The molecule has 1 aromatic carbocycles. The summed E-state index contributed by atoms with van der Waals surface area (Å²) < 4.78 is 10.7. The lowest BCUT2D eigenvalue weighted by atomic mass is 10.0. The molecule has 0 saturated heterocycles. The third-order valence-corrected chi connectivity index (χ3v) is 5.49. The fourth-order valence-corrected chi connectivity index (χ4v) is 3.69. The molecule has 0 fully saturated rings. The van der Waals surface area contributed by atoms with E-state index in [1.165, 1.54) is 20.8 Å². The summed E-state index contributed by atoms with van der Waals surface area (Å²) in [5.74, 6) is -1.58. The second kappa shape index (κ2) is 13.9. The second-order valence-corrected chi connectivity index (χ2v) is 9.16. The number of thioether (sulfide) groups is 1. The summed E-state index contributed by atoms with van der Waals surface area (Å²) in [7, 11) is 0. The molecule has 8 nitrogen and oxygen atoms in total. The van der Waals surface area contributed by atoms with Crippen molar-refractivity contribution in [1.82, 2.24) is 10.6 Å². The number of esters is 1. The molecule has 2 atom stereocenters. The van der Waals surface area contributed by atoms with Crippen LogP contribution in [0.4, 0.5) is 0 Å². The van der Waals surface area contributed by atoms with Crippen LogP contribution >= 0.6 is 11.8 Å². The number of ether oxygens (including phenoxy) is 2. The van der Waals surface area contributed by atoms with Gasteiger partial charge < -0.3 is 20.1 Å². The van der Waals surface area contributed by atoms with Gasteiger partial charge in [-0.15, -0.1) is 0 Å². The topological polar surface area (TPSA) is 111 Å². The lowest BCUT2D eigenvalue weighted by Gasteiger charge is -2.29. The lowest BCUT2D eigenvalue weighted by Crippen LogP contribution is -2.60. The SMILES string of the molecule is CCC[C@H](SC(C)=O)C(=O)NC(C)(C)C(=O)N[C@@H](COCc1ccccc1)C(=O)OCC. The van der Waals surface area contributed by atoms with Gasteiger partial charge >= 0.3 is 5.97 Å². The summed E-state index contributed by atoms with van der Waals surface area (Å²) in [6.45, 7) is 8.41. The summed E-state index contributed by atoms with van der Waals surface area (Å²) in [5, 5.41) is 4.55. The molecule has 0 aromatic heterocycles. The van der Waals surface area contributed by atoms with Crippen molar-refractivity contribution >= 4 is 34.7 Å². The molecule has 2 N–H and O–H groups in total. The first-order chi connectivity index (χ1) is 15.1. The van der Waals surface area contributed by atoms with Gasteiger partial charge in [0.05, 0.1) is 25.1 Å². The van der Waals surface area contributed by atoms with Crippen molar-refractivity contribution in [3.05, 3.63) is 35.9 Å². The molecule has 0 spiro atoms. The quantitative estimate of drug-likeness (QED) is 0.430. The van der Waals surface area contributed by atoms with E-state index in [4.69, 9.17) is 9.47 Å². The highest BCUT2D eigenvalue weighted by Gasteiger charge is 2.35. The third-order valence-electron chi connectivity index (χ3n) is 4.43. The Bertz CT molecular complexity index is 769. The van der Waals surface area contributed by atoms with E-state index in [9.17, 15) is 19.2 Å². The molecule has 0 heterocycles. The minimum atomic E-state index is -1.31. The maximum atomic E-state index is 12.9. The number of carbonyl (C=O) groups excluding carboxylic acids is 4. The van der Waals surface area contributed by atoms with Crippen LogP contribution in [0, 0.1) is 0 Å². The monoisotopic (exact) mass is 466 g/mol. The number of rotatable bonds is 13. The molecular weight excluding hydrogens is 432 g/mol. The van der Waals surface area contributed by atoms with E-state index >= 15 is 0 Å². The van der Waals surface area contributed by atoms with Gasteiger partial charge in [-0.05, 0) is 32.8 Å². The average molecular weight is 467 g/mol. The molecule has 32 heavy (non-hydrogen) atoms. The zero-order valence-corrected chi connectivity index (χ0v) is 20.3. The van der Waals surface area contributed by atoms with E-state index in [1.807, 2.05) is 37.3 Å². The van der Waals surface area contributed by atoms with Gasteiger partial charge in [-0.25, -0.2) is 4.79 Å². The highest BCUT2D eigenvalue weighted by atomic mass is 32.2. The molecule has 2 amide bonds. The molecule has 0 aliphatic rings. The molecule has 0 radical (unpaired) electrons. The minimum absolute atomic E-state index is 0.0812. The maximum Gasteiger partial charge on any atom is 0.331 e. The van der Waals surface area contributed by atoms with E-state index in [1.54, 1.807) is 6.92 Å². The number of benzene rings is 1. The van der Waals surface area contributed by atoms with Crippen molar-refractivity contribution in [3.8, 4) is 0 Å². The van der Waals surface area contributed by atoms with Crippen LogP contribution in [-0.2, 0) is 35.3 Å². The first-order valence-electron chi connectivity index (χ1n) is 10.7. The van der Waals surface area contributed by atoms with E-state index < -0.39 is 34.6 Å². The summed E-state index contributed by atoms with van der Waals surface area (Å²) in [5.41, 5.74) is -0.385.